The van der Waals surface area contributed by atoms with Crippen molar-refractivity contribution in [3.05, 3.63) is 23.4 Å². The number of rotatable bonds is 5. The molecular formula is C13H16F3N3O. The molecule has 0 saturated heterocycles. The van der Waals surface area contributed by atoms with E-state index in [1.165, 1.54) is 7.11 Å². The number of nitrogens with one attached hydrogen (secondary N) is 1. The Morgan fingerprint density at radius 2 is 2.05 bits per heavy atom. The second kappa shape index (κ2) is 6.57. The summed E-state index contributed by atoms with van der Waals surface area (Å²) in [6, 6.07) is 3.50. The van der Waals surface area contributed by atoms with Gasteiger partial charge in [-0.15, -0.1) is 0 Å². The predicted octanol–water partition coefficient (Wildman–Crippen LogP) is 3.05. The van der Waals surface area contributed by atoms with Crippen molar-refractivity contribution < 1.29 is 17.9 Å². The van der Waals surface area contributed by atoms with Crippen LogP contribution in [0.15, 0.2) is 12.1 Å². The van der Waals surface area contributed by atoms with Crippen LogP contribution in [-0.4, -0.2) is 24.7 Å². The van der Waals surface area contributed by atoms with Gasteiger partial charge in [0.15, 0.2) is 0 Å². The molecule has 7 heteroatoms. The van der Waals surface area contributed by atoms with E-state index in [4.69, 9.17) is 10.00 Å². The van der Waals surface area contributed by atoms with Crippen LogP contribution in [0.25, 0.3) is 0 Å². The maximum Gasteiger partial charge on any atom is 0.433 e. The van der Waals surface area contributed by atoms with Gasteiger partial charge in [-0.25, -0.2) is 4.98 Å². The van der Waals surface area contributed by atoms with Gasteiger partial charge in [-0.3, -0.25) is 0 Å². The molecule has 0 amide bonds. The molecule has 0 fully saturated rings. The summed E-state index contributed by atoms with van der Waals surface area (Å²) in [6.07, 6.45) is -4.54. The van der Waals surface area contributed by atoms with E-state index in [2.05, 4.69) is 10.3 Å². The average Bonchev–Trinajstić information content (AvgIpc) is 2.36. The Bertz CT molecular complexity index is 495. The fraction of sp³-hybridized carbons (Fsp3) is 0.538. The fourth-order valence-corrected chi connectivity index (χ4v) is 1.57. The molecule has 0 aliphatic rings. The number of hydrogen-bond acceptors (Lipinski definition) is 4. The molecule has 1 atom stereocenters. The Balaban J connectivity index is 3.11. The highest BCUT2D eigenvalue weighted by molar-refractivity contribution is 5.53. The number of methoxy groups -OCH3 is 1. The summed E-state index contributed by atoms with van der Waals surface area (Å²) in [5, 5.41) is 11.8. The van der Waals surface area contributed by atoms with Crippen LogP contribution in [0.1, 0.15) is 25.1 Å². The zero-order valence-corrected chi connectivity index (χ0v) is 11.5. The van der Waals surface area contributed by atoms with E-state index in [0.717, 1.165) is 12.1 Å². The molecule has 1 aromatic rings. The lowest BCUT2D eigenvalue weighted by molar-refractivity contribution is -0.141. The summed E-state index contributed by atoms with van der Waals surface area (Å²) < 4.78 is 43.0. The summed E-state index contributed by atoms with van der Waals surface area (Å²) in [6.45, 7) is 4.10. The van der Waals surface area contributed by atoms with Crippen molar-refractivity contribution in [1.82, 2.24) is 4.98 Å². The lowest BCUT2D eigenvalue weighted by atomic mass is 10.1. The lowest BCUT2D eigenvalue weighted by Gasteiger charge is -2.23. The minimum atomic E-state index is -4.54. The van der Waals surface area contributed by atoms with Crippen LogP contribution in [0.4, 0.5) is 19.0 Å². The van der Waals surface area contributed by atoms with Crippen LogP contribution < -0.4 is 5.32 Å². The first-order valence-electron chi connectivity index (χ1n) is 6.03. The maximum absolute atomic E-state index is 12.6. The summed E-state index contributed by atoms with van der Waals surface area (Å²) in [5.74, 6) is 0.0379. The molecule has 1 N–H and O–H groups in total. The molecule has 0 aromatic carbocycles. The molecule has 1 rings (SSSR count). The Morgan fingerprint density at radius 1 is 1.40 bits per heavy atom. The lowest BCUT2D eigenvalue weighted by Crippen LogP contribution is -2.31. The number of hydrogen-bond donors (Lipinski definition) is 1. The predicted molar refractivity (Wildman–Crippen MR) is 68.1 cm³/mol. The topological polar surface area (TPSA) is 57.9 Å². The third-order valence-corrected chi connectivity index (χ3v) is 2.78. The third kappa shape index (κ3) is 4.10. The van der Waals surface area contributed by atoms with E-state index >= 15 is 0 Å². The quantitative estimate of drug-likeness (QED) is 0.904. The number of ether oxygens (including phenoxy) is 1. The first kappa shape index (κ1) is 16.2. The summed E-state index contributed by atoms with van der Waals surface area (Å²) in [5.41, 5.74) is -0.960. The van der Waals surface area contributed by atoms with Gasteiger partial charge in [0.25, 0.3) is 0 Å². The van der Waals surface area contributed by atoms with Crippen molar-refractivity contribution in [1.29, 1.82) is 5.26 Å². The Hall–Kier alpha value is -1.81. The van der Waals surface area contributed by atoms with Gasteiger partial charge in [0.05, 0.1) is 18.2 Å². The van der Waals surface area contributed by atoms with Gasteiger partial charge in [-0.1, -0.05) is 13.8 Å². The molecule has 0 radical (unpaired) electrons. The molecule has 1 unspecified atom stereocenters. The number of anilines is 1. The molecule has 1 aromatic heterocycles. The second-order valence-electron chi connectivity index (χ2n) is 4.65. The number of pyridine rings is 1. The van der Waals surface area contributed by atoms with Gasteiger partial charge < -0.3 is 10.1 Å². The van der Waals surface area contributed by atoms with E-state index in [0.29, 0.717) is 6.61 Å². The molecule has 0 bridgehead atoms. The van der Waals surface area contributed by atoms with Crippen LogP contribution >= 0.6 is 0 Å². The van der Waals surface area contributed by atoms with Crippen LogP contribution in [0, 0.1) is 17.2 Å². The molecule has 1 heterocycles. The molecular weight excluding hydrogens is 271 g/mol. The molecule has 0 aliphatic carbocycles. The third-order valence-electron chi connectivity index (χ3n) is 2.78. The smallest absolute Gasteiger partial charge is 0.383 e. The van der Waals surface area contributed by atoms with Crippen LogP contribution in [0.2, 0.25) is 0 Å². The van der Waals surface area contributed by atoms with Crippen molar-refractivity contribution in [2.75, 3.05) is 19.0 Å². The van der Waals surface area contributed by atoms with E-state index in [-0.39, 0.29) is 23.3 Å². The van der Waals surface area contributed by atoms with Gasteiger partial charge in [0.1, 0.15) is 17.6 Å². The summed E-state index contributed by atoms with van der Waals surface area (Å²) in [7, 11) is 1.50. The highest BCUT2D eigenvalue weighted by Crippen LogP contribution is 2.29. The van der Waals surface area contributed by atoms with Crippen LogP contribution in [0.5, 0.6) is 0 Å². The first-order chi connectivity index (χ1) is 9.29. The summed E-state index contributed by atoms with van der Waals surface area (Å²) in [4.78, 5) is 3.51. The SMILES string of the molecule is COCC(Nc1nc(C(F)(F)F)ccc1C#N)C(C)C. The molecule has 0 saturated carbocycles. The average molecular weight is 287 g/mol. The van der Waals surface area contributed by atoms with Gasteiger partial charge in [0.2, 0.25) is 0 Å². The minimum Gasteiger partial charge on any atom is -0.383 e. The van der Waals surface area contributed by atoms with Gasteiger partial charge in [-0.05, 0) is 18.1 Å². The van der Waals surface area contributed by atoms with Crippen molar-refractivity contribution in [2.45, 2.75) is 26.1 Å². The van der Waals surface area contributed by atoms with Gasteiger partial charge in [0, 0.05) is 7.11 Å². The number of alkyl halides is 3. The minimum absolute atomic E-state index is 0.0692. The van der Waals surface area contributed by atoms with Crippen LogP contribution in [-0.2, 0) is 10.9 Å². The Kier molecular flexibility index (Phi) is 5.34. The van der Waals surface area contributed by atoms with E-state index in [1.807, 2.05) is 19.9 Å². The number of aromatic nitrogens is 1. The number of nitrogens with zero attached hydrogens (tertiary/aromatic N) is 2. The van der Waals surface area contributed by atoms with Gasteiger partial charge >= 0.3 is 6.18 Å². The Labute approximate surface area is 115 Å². The van der Waals surface area contributed by atoms with Crippen molar-refractivity contribution in [3.8, 4) is 6.07 Å². The summed E-state index contributed by atoms with van der Waals surface area (Å²) >= 11 is 0. The van der Waals surface area contributed by atoms with Crippen molar-refractivity contribution in [3.63, 3.8) is 0 Å². The van der Waals surface area contributed by atoms with Crippen molar-refractivity contribution in [2.24, 2.45) is 5.92 Å². The molecule has 0 aliphatic heterocycles. The Morgan fingerprint density at radius 3 is 2.50 bits per heavy atom. The molecule has 0 spiro atoms. The zero-order valence-electron chi connectivity index (χ0n) is 11.5. The highest BCUT2D eigenvalue weighted by atomic mass is 19.4. The largest absolute Gasteiger partial charge is 0.433 e. The maximum atomic E-state index is 12.6. The van der Waals surface area contributed by atoms with E-state index in [1.54, 1.807) is 0 Å². The van der Waals surface area contributed by atoms with E-state index in [9.17, 15) is 13.2 Å². The molecule has 20 heavy (non-hydrogen) atoms. The van der Waals surface area contributed by atoms with Crippen LogP contribution in [0.3, 0.4) is 0 Å². The number of halogens is 3. The van der Waals surface area contributed by atoms with Crippen molar-refractivity contribution >= 4 is 5.82 Å². The monoisotopic (exact) mass is 287 g/mol. The zero-order chi connectivity index (χ0) is 15.3. The standard InChI is InChI=1S/C13H16F3N3O/c1-8(2)10(7-20-3)18-12-9(6-17)4-5-11(19-12)13(14,15)16/h4-5,8,10H,7H2,1-3H3,(H,18,19). The fourth-order valence-electron chi connectivity index (χ4n) is 1.57. The number of nitriles is 1. The first-order valence-corrected chi connectivity index (χ1v) is 6.03. The van der Waals surface area contributed by atoms with E-state index < -0.39 is 11.9 Å². The molecule has 4 nitrogen and oxygen atoms in total. The molecule has 110 valence electrons. The highest BCUT2D eigenvalue weighted by Gasteiger charge is 2.33. The van der Waals surface area contributed by atoms with Gasteiger partial charge in [-0.2, -0.15) is 18.4 Å². The second-order valence-corrected chi connectivity index (χ2v) is 4.65. The normalized spacial score (nSPS) is 13.1.